The Morgan fingerprint density at radius 3 is 2.53 bits per heavy atom. The molecule has 1 atom stereocenters. The van der Waals surface area contributed by atoms with Crippen molar-refractivity contribution in [3.63, 3.8) is 0 Å². The van der Waals surface area contributed by atoms with Crippen molar-refractivity contribution < 1.29 is 14.0 Å². The lowest BCUT2D eigenvalue weighted by Gasteiger charge is -2.35. The number of nitrogens with zero attached hydrogens (tertiary/aromatic N) is 2. The van der Waals surface area contributed by atoms with E-state index in [2.05, 4.69) is 15.6 Å². The van der Waals surface area contributed by atoms with Crippen molar-refractivity contribution in [1.29, 1.82) is 0 Å². The molecule has 7 nitrogen and oxygen atoms in total. The fourth-order valence-corrected chi connectivity index (χ4v) is 3.96. The number of hydrogen-bond acceptors (Lipinski definition) is 4. The number of amides is 3. The van der Waals surface area contributed by atoms with E-state index < -0.39 is 11.2 Å². The highest BCUT2D eigenvalue weighted by molar-refractivity contribution is 6.30. The molecule has 1 aromatic carbocycles. The number of nitrogens with one attached hydrogen (secondary N) is 2. The second kappa shape index (κ2) is 10.3. The molecular weight excluding hydrogens is 433 g/mol. The third-order valence-electron chi connectivity index (χ3n) is 6.07. The van der Waals surface area contributed by atoms with Crippen LogP contribution in [0.5, 0.6) is 0 Å². The molecule has 0 spiro atoms. The highest BCUT2D eigenvalue weighted by Gasteiger charge is 2.32. The number of carbonyl (C=O) groups excluding carboxylic acids is 2. The summed E-state index contributed by atoms with van der Waals surface area (Å²) in [4.78, 5) is 30.9. The lowest BCUT2D eigenvalue weighted by molar-refractivity contribution is -0.125. The summed E-state index contributed by atoms with van der Waals surface area (Å²) in [6.07, 6.45) is 4.78. The lowest BCUT2D eigenvalue weighted by atomic mass is 9.83. The minimum absolute atomic E-state index is 0.0141. The average Bonchev–Trinajstić information content (AvgIpc) is 2.79. The molecule has 1 aliphatic rings. The number of aromatic nitrogens is 1. The number of likely N-dealkylation sites (tertiary alicyclic amines) is 1. The molecule has 9 heteroatoms. The maximum Gasteiger partial charge on any atom is 0.321 e. The maximum absolute atomic E-state index is 13.5. The summed E-state index contributed by atoms with van der Waals surface area (Å²) in [7, 11) is 0. The summed E-state index contributed by atoms with van der Waals surface area (Å²) in [5, 5.41) is 5.77. The normalized spacial score (nSPS) is 15.8. The molecular formula is C23H29ClFN5O2. The van der Waals surface area contributed by atoms with Gasteiger partial charge in [0.05, 0.1) is 10.4 Å². The third-order valence-corrected chi connectivity index (χ3v) is 6.36. The van der Waals surface area contributed by atoms with Crippen LogP contribution in [0, 0.1) is 11.7 Å². The summed E-state index contributed by atoms with van der Waals surface area (Å²) in [6, 6.07) is 7.41. The Bertz CT molecular complexity index is 949. The van der Waals surface area contributed by atoms with Gasteiger partial charge in [0.2, 0.25) is 5.91 Å². The second-order valence-corrected chi connectivity index (χ2v) is 9.03. The molecule has 1 aliphatic heterocycles. The van der Waals surface area contributed by atoms with Gasteiger partial charge in [-0.3, -0.25) is 9.78 Å². The average molecular weight is 462 g/mol. The molecule has 1 fully saturated rings. The number of halogens is 2. The van der Waals surface area contributed by atoms with Crippen LogP contribution in [-0.4, -0.2) is 47.5 Å². The lowest BCUT2D eigenvalue weighted by Crippen LogP contribution is -2.50. The Hall–Kier alpha value is -2.71. The van der Waals surface area contributed by atoms with E-state index in [-0.39, 0.29) is 28.9 Å². The van der Waals surface area contributed by atoms with Crippen LogP contribution < -0.4 is 16.4 Å². The number of hydrogen-bond donors (Lipinski definition) is 3. The molecule has 32 heavy (non-hydrogen) atoms. The minimum Gasteiger partial charge on any atom is -0.354 e. The van der Waals surface area contributed by atoms with E-state index in [1.54, 1.807) is 49.3 Å². The molecule has 2 aromatic rings. The standard InChI is InChI=1S/C23H29ClFN5O2/c1-23(2,16-3-4-19(25)18(24)13-16)21(31)28-14-20(26)15-7-11-30(12-8-15)22(32)29-17-5-9-27-10-6-17/h3-6,9-10,13,15,20H,7-8,11-12,14,26H2,1-2H3,(H,28,31)(H,27,29,32). The smallest absolute Gasteiger partial charge is 0.321 e. The van der Waals surface area contributed by atoms with Gasteiger partial charge in [-0.1, -0.05) is 17.7 Å². The SMILES string of the molecule is CC(C)(C(=O)NCC(N)C1CCN(C(=O)Nc2ccncc2)CC1)c1ccc(F)c(Cl)c1. The van der Waals surface area contributed by atoms with Crippen molar-refractivity contribution >= 4 is 29.2 Å². The first-order chi connectivity index (χ1) is 15.2. The van der Waals surface area contributed by atoms with Crippen LogP contribution in [0.15, 0.2) is 42.7 Å². The van der Waals surface area contributed by atoms with E-state index >= 15 is 0 Å². The van der Waals surface area contributed by atoms with Gasteiger partial charge < -0.3 is 21.3 Å². The molecule has 3 rings (SSSR count). The quantitative estimate of drug-likeness (QED) is 0.612. The molecule has 0 saturated carbocycles. The van der Waals surface area contributed by atoms with Gasteiger partial charge in [-0.2, -0.15) is 0 Å². The van der Waals surface area contributed by atoms with Gasteiger partial charge in [0.25, 0.3) is 0 Å². The van der Waals surface area contributed by atoms with Gasteiger partial charge in [0.1, 0.15) is 5.82 Å². The first kappa shape index (κ1) is 23.9. The molecule has 0 aliphatic carbocycles. The first-order valence-corrected chi connectivity index (χ1v) is 11.0. The molecule has 1 unspecified atom stereocenters. The van der Waals surface area contributed by atoms with Gasteiger partial charge >= 0.3 is 6.03 Å². The number of piperidine rings is 1. The molecule has 3 amide bonds. The van der Waals surface area contributed by atoms with Gasteiger partial charge in [-0.15, -0.1) is 0 Å². The van der Waals surface area contributed by atoms with Crippen molar-refractivity contribution in [1.82, 2.24) is 15.2 Å². The van der Waals surface area contributed by atoms with E-state index in [1.807, 2.05) is 0 Å². The zero-order valence-electron chi connectivity index (χ0n) is 18.3. The van der Waals surface area contributed by atoms with E-state index in [0.29, 0.717) is 30.9 Å². The summed E-state index contributed by atoms with van der Waals surface area (Å²) in [5.74, 6) is -0.525. The monoisotopic (exact) mass is 461 g/mol. The fraction of sp³-hybridized carbons (Fsp3) is 0.435. The first-order valence-electron chi connectivity index (χ1n) is 10.6. The zero-order valence-corrected chi connectivity index (χ0v) is 19.0. The van der Waals surface area contributed by atoms with Crippen molar-refractivity contribution in [3.8, 4) is 0 Å². The van der Waals surface area contributed by atoms with Crippen LogP contribution in [0.2, 0.25) is 5.02 Å². The summed E-state index contributed by atoms with van der Waals surface area (Å²) in [6.45, 7) is 5.05. The largest absolute Gasteiger partial charge is 0.354 e. The van der Waals surface area contributed by atoms with Crippen LogP contribution in [-0.2, 0) is 10.2 Å². The van der Waals surface area contributed by atoms with Crippen LogP contribution >= 0.6 is 11.6 Å². The number of urea groups is 1. The van der Waals surface area contributed by atoms with Gasteiger partial charge in [-0.25, -0.2) is 9.18 Å². The molecule has 0 bridgehead atoms. The van der Waals surface area contributed by atoms with Crippen LogP contribution in [0.3, 0.4) is 0 Å². The summed E-state index contributed by atoms with van der Waals surface area (Å²) >= 11 is 5.87. The second-order valence-electron chi connectivity index (χ2n) is 8.62. The van der Waals surface area contributed by atoms with E-state index in [4.69, 9.17) is 17.3 Å². The predicted molar refractivity (Wildman–Crippen MR) is 123 cm³/mol. The Morgan fingerprint density at radius 1 is 1.25 bits per heavy atom. The molecule has 1 saturated heterocycles. The predicted octanol–water partition coefficient (Wildman–Crippen LogP) is 3.54. The molecule has 0 radical (unpaired) electrons. The van der Waals surface area contributed by atoms with Crippen LogP contribution in [0.1, 0.15) is 32.3 Å². The Kier molecular flexibility index (Phi) is 7.69. The van der Waals surface area contributed by atoms with E-state index in [9.17, 15) is 14.0 Å². The summed E-state index contributed by atoms with van der Waals surface area (Å²) in [5.41, 5.74) is 6.81. The Balaban J connectivity index is 1.47. The highest BCUT2D eigenvalue weighted by Crippen LogP contribution is 2.28. The third kappa shape index (κ3) is 5.75. The topological polar surface area (TPSA) is 100 Å². The number of carbonyl (C=O) groups is 2. The van der Waals surface area contributed by atoms with Crippen molar-refractivity contribution in [2.75, 3.05) is 25.0 Å². The zero-order chi connectivity index (χ0) is 23.3. The Morgan fingerprint density at radius 2 is 1.91 bits per heavy atom. The minimum atomic E-state index is -0.883. The fourth-order valence-electron chi connectivity index (χ4n) is 3.78. The molecule has 1 aromatic heterocycles. The molecule has 2 heterocycles. The van der Waals surface area contributed by atoms with E-state index in [0.717, 1.165) is 12.8 Å². The molecule has 172 valence electrons. The maximum atomic E-state index is 13.5. The van der Waals surface area contributed by atoms with Crippen LogP contribution in [0.4, 0.5) is 14.9 Å². The summed E-state index contributed by atoms with van der Waals surface area (Å²) < 4.78 is 13.5. The number of pyridine rings is 1. The number of anilines is 1. The molecule has 4 N–H and O–H groups in total. The van der Waals surface area contributed by atoms with Crippen LogP contribution in [0.25, 0.3) is 0 Å². The van der Waals surface area contributed by atoms with E-state index in [1.165, 1.54) is 12.1 Å². The van der Waals surface area contributed by atoms with Gasteiger partial charge in [0.15, 0.2) is 0 Å². The van der Waals surface area contributed by atoms with Crippen molar-refractivity contribution in [2.45, 2.75) is 38.1 Å². The van der Waals surface area contributed by atoms with Crippen molar-refractivity contribution in [2.24, 2.45) is 11.7 Å². The highest BCUT2D eigenvalue weighted by atomic mass is 35.5. The number of rotatable bonds is 6. The Labute approximate surface area is 192 Å². The number of benzene rings is 1. The van der Waals surface area contributed by atoms with Gasteiger partial charge in [0, 0.05) is 43.8 Å². The van der Waals surface area contributed by atoms with Crippen molar-refractivity contribution in [3.05, 3.63) is 59.1 Å². The number of nitrogens with two attached hydrogens (primary N) is 1. The van der Waals surface area contributed by atoms with Gasteiger partial charge in [-0.05, 0) is 62.4 Å².